The van der Waals surface area contributed by atoms with E-state index in [0.717, 1.165) is 34.4 Å². The van der Waals surface area contributed by atoms with Crippen LogP contribution in [0.15, 0.2) is 71.0 Å². The molecular weight excluding hydrogens is 356 g/mol. The van der Waals surface area contributed by atoms with Gasteiger partial charge in [0.05, 0.1) is 0 Å². The first-order chi connectivity index (χ1) is 13.1. The van der Waals surface area contributed by atoms with E-state index in [1.807, 2.05) is 66.3 Å². The van der Waals surface area contributed by atoms with Crippen molar-refractivity contribution in [1.82, 2.24) is 9.55 Å². The molecule has 0 saturated heterocycles. The molecule has 0 aliphatic heterocycles. The molecule has 0 spiro atoms. The van der Waals surface area contributed by atoms with Crippen molar-refractivity contribution in [3.05, 3.63) is 66.5 Å². The van der Waals surface area contributed by atoms with Gasteiger partial charge in [-0.05, 0) is 55.0 Å². The molecule has 5 nitrogen and oxygen atoms in total. The van der Waals surface area contributed by atoms with E-state index in [1.54, 1.807) is 18.0 Å². The van der Waals surface area contributed by atoms with Gasteiger partial charge in [0.25, 0.3) is 5.91 Å². The Hall–Kier alpha value is -2.73. The zero-order chi connectivity index (χ0) is 19.2. The van der Waals surface area contributed by atoms with Gasteiger partial charge in [-0.3, -0.25) is 4.79 Å². The standard InChI is InChI=1S/C21H24N4OS/c1-4-14-24(2)18-9-5-16(6-10-18)20(26)23-17-7-11-19(12-8-17)27-21-22-13-15-25(21)3/h5-13,15H,4,14H2,1-3H3,(H,23,26). The average Bonchev–Trinajstić information content (AvgIpc) is 3.08. The van der Waals surface area contributed by atoms with Gasteiger partial charge in [0.15, 0.2) is 5.16 Å². The van der Waals surface area contributed by atoms with Gasteiger partial charge in [-0.1, -0.05) is 18.7 Å². The predicted octanol–water partition coefficient (Wildman–Crippen LogP) is 4.67. The van der Waals surface area contributed by atoms with Crippen molar-refractivity contribution in [1.29, 1.82) is 0 Å². The summed E-state index contributed by atoms with van der Waals surface area (Å²) in [6.45, 7) is 3.15. The van der Waals surface area contributed by atoms with Crippen molar-refractivity contribution in [2.75, 3.05) is 23.8 Å². The van der Waals surface area contributed by atoms with E-state index in [2.05, 4.69) is 29.2 Å². The Morgan fingerprint density at radius 2 is 1.85 bits per heavy atom. The molecule has 0 bridgehead atoms. The first-order valence-electron chi connectivity index (χ1n) is 8.94. The van der Waals surface area contributed by atoms with Crippen LogP contribution in [0.5, 0.6) is 0 Å². The second-order valence-electron chi connectivity index (χ2n) is 6.37. The Labute approximate surface area is 164 Å². The Morgan fingerprint density at radius 1 is 1.15 bits per heavy atom. The van der Waals surface area contributed by atoms with Crippen molar-refractivity contribution in [3.8, 4) is 0 Å². The molecule has 27 heavy (non-hydrogen) atoms. The third kappa shape index (κ3) is 4.92. The fourth-order valence-electron chi connectivity index (χ4n) is 2.70. The van der Waals surface area contributed by atoms with Crippen LogP contribution in [0.25, 0.3) is 0 Å². The molecule has 6 heteroatoms. The zero-order valence-electron chi connectivity index (χ0n) is 15.8. The fraction of sp³-hybridized carbons (Fsp3) is 0.238. The summed E-state index contributed by atoms with van der Waals surface area (Å²) in [7, 11) is 4.03. The molecule has 2 aromatic carbocycles. The van der Waals surface area contributed by atoms with Crippen LogP contribution in [-0.2, 0) is 7.05 Å². The van der Waals surface area contributed by atoms with E-state index in [-0.39, 0.29) is 5.91 Å². The van der Waals surface area contributed by atoms with E-state index in [1.165, 1.54) is 0 Å². The SMILES string of the molecule is CCCN(C)c1ccc(C(=O)Nc2ccc(Sc3nccn3C)cc2)cc1. The van der Waals surface area contributed by atoms with Crippen LogP contribution in [0, 0.1) is 0 Å². The minimum absolute atomic E-state index is 0.107. The van der Waals surface area contributed by atoms with Crippen LogP contribution in [0.1, 0.15) is 23.7 Å². The molecule has 0 aliphatic carbocycles. The average molecular weight is 381 g/mol. The highest BCUT2D eigenvalue weighted by atomic mass is 32.2. The number of rotatable bonds is 7. The second kappa shape index (κ2) is 8.77. The summed E-state index contributed by atoms with van der Waals surface area (Å²) in [5, 5.41) is 3.88. The molecule has 1 N–H and O–H groups in total. The van der Waals surface area contributed by atoms with Crippen LogP contribution < -0.4 is 10.2 Å². The van der Waals surface area contributed by atoms with Crippen molar-refractivity contribution >= 4 is 29.0 Å². The molecule has 1 amide bonds. The number of carbonyl (C=O) groups excluding carboxylic acids is 1. The number of nitrogens with one attached hydrogen (secondary N) is 1. The number of aromatic nitrogens is 2. The van der Waals surface area contributed by atoms with E-state index >= 15 is 0 Å². The molecule has 0 fully saturated rings. The van der Waals surface area contributed by atoms with E-state index in [9.17, 15) is 4.79 Å². The molecule has 0 saturated carbocycles. The third-order valence-corrected chi connectivity index (χ3v) is 5.31. The lowest BCUT2D eigenvalue weighted by Crippen LogP contribution is -2.18. The lowest BCUT2D eigenvalue weighted by molar-refractivity contribution is 0.102. The predicted molar refractivity (Wildman–Crippen MR) is 112 cm³/mol. The number of benzene rings is 2. The van der Waals surface area contributed by atoms with Gasteiger partial charge in [-0.15, -0.1) is 0 Å². The van der Waals surface area contributed by atoms with Crippen molar-refractivity contribution in [2.45, 2.75) is 23.4 Å². The molecule has 0 aliphatic rings. The first kappa shape index (κ1) is 19.0. The number of nitrogens with zero attached hydrogens (tertiary/aromatic N) is 3. The molecule has 0 atom stereocenters. The first-order valence-corrected chi connectivity index (χ1v) is 9.76. The maximum absolute atomic E-state index is 12.5. The van der Waals surface area contributed by atoms with Crippen LogP contribution in [0.4, 0.5) is 11.4 Å². The highest BCUT2D eigenvalue weighted by Crippen LogP contribution is 2.27. The summed E-state index contributed by atoms with van der Waals surface area (Å²) in [6.07, 6.45) is 4.79. The fourth-order valence-corrected chi connectivity index (χ4v) is 3.50. The number of aryl methyl sites for hydroxylation is 1. The van der Waals surface area contributed by atoms with Crippen molar-refractivity contribution in [2.24, 2.45) is 7.05 Å². The van der Waals surface area contributed by atoms with E-state index in [4.69, 9.17) is 0 Å². The Balaban J connectivity index is 1.61. The van der Waals surface area contributed by atoms with E-state index in [0.29, 0.717) is 5.56 Å². The number of carbonyl (C=O) groups is 1. The number of hydrogen-bond acceptors (Lipinski definition) is 4. The summed E-state index contributed by atoms with van der Waals surface area (Å²) in [5.41, 5.74) is 2.54. The molecule has 140 valence electrons. The molecule has 3 rings (SSSR count). The van der Waals surface area contributed by atoms with Gasteiger partial charge in [0.2, 0.25) is 0 Å². The van der Waals surface area contributed by atoms with Crippen molar-refractivity contribution in [3.63, 3.8) is 0 Å². The van der Waals surface area contributed by atoms with Crippen LogP contribution in [-0.4, -0.2) is 29.1 Å². The van der Waals surface area contributed by atoms with Gasteiger partial charge >= 0.3 is 0 Å². The van der Waals surface area contributed by atoms with Gasteiger partial charge in [0.1, 0.15) is 0 Å². The number of hydrogen-bond donors (Lipinski definition) is 1. The molecule has 1 heterocycles. The highest BCUT2D eigenvalue weighted by molar-refractivity contribution is 7.99. The van der Waals surface area contributed by atoms with Crippen molar-refractivity contribution < 1.29 is 4.79 Å². The monoisotopic (exact) mass is 380 g/mol. The molecule has 1 aromatic heterocycles. The zero-order valence-corrected chi connectivity index (χ0v) is 16.7. The van der Waals surface area contributed by atoms with Crippen LogP contribution in [0.2, 0.25) is 0 Å². The molecule has 0 radical (unpaired) electrons. The molecular formula is C21H24N4OS. The summed E-state index contributed by atoms with van der Waals surface area (Å²) >= 11 is 1.59. The maximum Gasteiger partial charge on any atom is 0.255 e. The minimum atomic E-state index is -0.107. The smallest absolute Gasteiger partial charge is 0.255 e. The summed E-state index contributed by atoms with van der Waals surface area (Å²) in [4.78, 5) is 20.0. The van der Waals surface area contributed by atoms with Crippen LogP contribution >= 0.6 is 11.8 Å². The highest BCUT2D eigenvalue weighted by Gasteiger charge is 2.08. The largest absolute Gasteiger partial charge is 0.375 e. The van der Waals surface area contributed by atoms with Crippen LogP contribution in [0.3, 0.4) is 0 Å². The lowest BCUT2D eigenvalue weighted by atomic mass is 10.1. The third-order valence-electron chi connectivity index (χ3n) is 4.23. The van der Waals surface area contributed by atoms with E-state index < -0.39 is 0 Å². The number of anilines is 2. The Kier molecular flexibility index (Phi) is 6.19. The minimum Gasteiger partial charge on any atom is -0.375 e. The van der Waals surface area contributed by atoms with Gasteiger partial charge in [0, 0.05) is 54.9 Å². The lowest BCUT2D eigenvalue weighted by Gasteiger charge is -2.18. The topological polar surface area (TPSA) is 50.2 Å². The summed E-state index contributed by atoms with van der Waals surface area (Å²) < 4.78 is 1.97. The van der Waals surface area contributed by atoms with Gasteiger partial charge < -0.3 is 14.8 Å². The number of amides is 1. The molecule has 3 aromatic rings. The Bertz CT molecular complexity index is 887. The molecule has 0 unspecified atom stereocenters. The maximum atomic E-state index is 12.5. The summed E-state index contributed by atoms with van der Waals surface area (Å²) in [5.74, 6) is -0.107. The number of imidazole rings is 1. The normalized spacial score (nSPS) is 10.6. The van der Waals surface area contributed by atoms with Gasteiger partial charge in [-0.2, -0.15) is 0 Å². The quantitative estimate of drug-likeness (QED) is 0.647. The second-order valence-corrected chi connectivity index (χ2v) is 7.41. The van der Waals surface area contributed by atoms with Gasteiger partial charge in [-0.25, -0.2) is 4.98 Å². The Morgan fingerprint density at radius 3 is 2.44 bits per heavy atom. The summed E-state index contributed by atoms with van der Waals surface area (Å²) in [6, 6.07) is 15.5.